The van der Waals surface area contributed by atoms with Crippen LogP contribution in [0.3, 0.4) is 0 Å². The Morgan fingerprint density at radius 1 is 1.15 bits per heavy atom. The number of carbonyl (C=O) groups excluding carboxylic acids is 1. The standard InChI is InChI=1S/C17H13F3N4O2/c1-10-4-2-7-13(22-10)15-23-14(26-24-15)9-21-16(25)11-5-3-6-12(8-11)17(18,19)20/h2-8H,9H2,1H3,(H,21,25). The van der Waals surface area contributed by atoms with Gasteiger partial charge in [0.1, 0.15) is 5.69 Å². The van der Waals surface area contributed by atoms with Crippen LogP contribution in [0.4, 0.5) is 13.2 Å². The highest BCUT2D eigenvalue weighted by Gasteiger charge is 2.30. The summed E-state index contributed by atoms with van der Waals surface area (Å²) in [5, 5.41) is 6.22. The van der Waals surface area contributed by atoms with Gasteiger partial charge in [-0.1, -0.05) is 17.3 Å². The summed E-state index contributed by atoms with van der Waals surface area (Å²) in [5.41, 5.74) is 0.298. The smallest absolute Gasteiger partial charge is 0.343 e. The number of nitrogens with zero attached hydrogens (tertiary/aromatic N) is 3. The van der Waals surface area contributed by atoms with Gasteiger partial charge in [0.15, 0.2) is 0 Å². The van der Waals surface area contributed by atoms with Crippen molar-refractivity contribution in [3.63, 3.8) is 0 Å². The first-order valence-corrected chi connectivity index (χ1v) is 7.55. The molecule has 1 aromatic carbocycles. The average molecular weight is 362 g/mol. The molecule has 0 aliphatic heterocycles. The van der Waals surface area contributed by atoms with E-state index >= 15 is 0 Å². The Morgan fingerprint density at radius 3 is 2.65 bits per heavy atom. The second kappa shape index (κ2) is 6.95. The number of benzene rings is 1. The number of halogens is 3. The van der Waals surface area contributed by atoms with E-state index < -0.39 is 17.6 Å². The molecule has 0 bridgehead atoms. The first-order valence-electron chi connectivity index (χ1n) is 7.55. The van der Waals surface area contributed by atoms with Crippen LogP contribution in [0, 0.1) is 6.92 Å². The molecule has 0 spiro atoms. The number of carbonyl (C=O) groups is 1. The first-order chi connectivity index (χ1) is 12.3. The van der Waals surface area contributed by atoms with Gasteiger partial charge in [0.25, 0.3) is 5.91 Å². The number of alkyl halides is 3. The van der Waals surface area contributed by atoms with Crippen LogP contribution >= 0.6 is 0 Å². The fourth-order valence-electron chi connectivity index (χ4n) is 2.19. The van der Waals surface area contributed by atoms with Crippen LogP contribution in [0.5, 0.6) is 0 Å². The van der Waals surface area contributed by atoms with Crippen molar-refractivity contribution < 1.29 is 22.5 Å². The molecule has 2 heterocycles. The third kappa shape index (κ3) is 4.05. The molecule has 0 atom stereocenters. The van der Waals surface area contributed by atoms with Crippen molar-refractivity contribution in [3.8, 4) is 11.5 Å². The van der Waals surface area contributed by atoms with E-state index in [4.69, 9.17) is 4.52 Å². The van der Waals surface area contributed by atoms with Gasteiger partial charge in [-0.3, -0.25) is 4.79 Å². The molecule has 0 saturated carbocycles. The summed E-state index contributed by atoms with van der Waals surface area (Å²) < 4.78 is 43.1. The summed E-state index contributed by atoms with van der Waals surface area (Å²) in [6.45, 7) is 1.70. The van der Waals surface area contributed by atoms with Crippen molar-refractivity contribution in [2.45, 2.75) is 19.6 Å². The zero-order chi connectivity index (χ0) is 18.7. The number of amides is 1. The number of hydrogen-bond acceptors (Lipinski definition) is 5. The van der Waals surface area contributed by atoms with Crippen LogP contribution in [0.1, 0.15) is 27.5 Å². The highest BCUT2D eigenvalue weighted by Crippen LogP contribution is 2.29. The van der Waals surface area contributed by atoms with Gasteiger partial charge in [0.05, 0.1) is 12.1 Å². The second-order valence-electron chi connectivity index (χ2n) is 5.44. The summed E-state index contributed by atoms with van der Waals surface area (Å²) >= 11 is 0. The predicted molar refractivity (Wildman–Crippen MR) is 84.9 cm³/mol. The first kappa shape index (κ1) is 17.6. The highest BCUT2D eigenvalue weighted by atomic mass is 19.4. The normalized spacial score (nSPS) is 11.4. The van der Waals surface area contributed by atoms with E-state index in [1.165, 1.54) is 12.1 Å². The molecule has 1 N–H and O–H groups in total. The van der Waals surface area contributed by atoms with E-state index in [2.05, 4.69) is 20.4 Å². The molecule has 2 aromatic heterocycles. The Labute approximate surface area is 146 Å². The molecule has 0 aliphatic rings. The molecule has 26 heavy (non-hydrogen) atoms. The van der Waals surface area contributed by atoms with Crippen molar-refractivity contribution in [1.82, 2.24) is 20.4 Å². The Morgan fingerprint density at radius 2 is 1.92 bits per heavy atom. The molecule has 1 amide bonds. The number of aryl methyl sites for hydroxylation is 1. The van der Waals surface area contributed by atoms with Gasteiger partial charge in [-0.2, -0.15) is 18.2 Å². The summed E-state index contributed by atoms with van der Waals surface area (Å²) in [7, 11) is 0. The zero-order valence-corrected chi connectivity index (χ0v) is 13.5. The maximum atomic E-state index is 12.7. The average Bonchev–Trinajstić information content (AvgIpc) is 3.08. The Balaban J connectivity index is 1.67. The van der Waals surface area contributed by atoms with Crippen molar-refractivity contribution in [1.29, 1.82) is 0 Å². The number of nitrogens with one attached hydrogen (secondary N) is 1. The lowest BCUT2D eigenvalue weighted by molar-refractivity contribution is -0.137. The molecule has 3 rings (SSSR count). The number of hydrogen-bond donors (Lipinski definition) is 1. The number of rotatable bonds is 4. The number of pyridine rings is 1. The van der Waals surface area contributed by atoms with Crippen molar-refractivity contribution in [3.05, 3.63) is 65.2 Å². The van der Waals surface area contributed by atoms with E-state index in [0.29, 0.717) is 5.69 Å². The molecule has 0 saturated heterocycles. The molecule has 134 valence electrons. The van der Waals surface area contributed by atoms with Crippen LogP contribution < -0.4 is 5.32 Å². The molecule has 9 heteroatoms. The lowest BCUT2D eigenvalue weighted by atomic mass is 10.1. The summed E-state index contributed by atoms with van der Waals surface area (Å²) in [4.78, 5) is 20.4. The third-order valence-electron chi connectivity index (χ3n) is 3.44. The van der Waals surface area contributed by atoms with E-state index in [0.717, 1.165) is 17.8 Å². The molecule has 3 aromatic rings. The van der Waals surface area contributed by atoms with E-state index in [1.54, 1.807) is 12.1 Å². The van der Waals surface area contributed by atoms with Crippen LogP contribution in [-0.4, -0.2) is 21.0 Å². The summed E-state index contributed by atoms with van der Waals surface area (Å²) in [6, 6.07) is 9.47. The highest BCUT2D eigenvalue weighted by molar-refractivity contribution is 5.94. The molecule has 0 fully saturated rings. The second-order valence-corrected chi connectivity index (χ2v) is 5.44. The maximum Gasteiger partial charge on any atom is 0.416 e. The van der Waals surface area contributed by atoms with Crippen molar-refractivity contribution >= 4 is 5.91 Å². The topological polar surface area (TPSA) is 80.9 Å². The summed E-state index contributed by atoms with van der Waals surface area (Å²) in [6.07, 6.45) is -4.52. The zero-order valence-electron chi connectivity index (χ0n) is 13.5. The van der Waals surface area contributed by atoms with Crippen molar-refractivity contribution in [2.24, 2.45) is 0 Å². The SMILES string of the molecule is Cc1cccc(-c2noc(CNC(=O)c3cccc(C(F)(F)F)c3)n2)n1. The fraction of sp³-hybridized carbons (Fsp3) is 0.176. The van der Waals surface area contributed by atoms with Crippen molar-refractivity contribution in [2.75, 3.05) is 0 Å². The third-order valence-corrected chi connectivity index (χ3v) is 3.44. The molecule has 0 aliphatic carbocycles. The van der Waals surface area contributed by atoms with Gasteiger partial charge in [0.2, 0.25) is 11.7 Å². The molecule has 6 nitrogen and oxygen atoms in total. The lowest BCUT2D eigenvalue weighted by Crippen LogP contribution is -2.23. The molecule has 0 radical (unpaired) electrons. The van der Waals surface area contributed by atoms with E-state index in [1.807, 2.05) is 13.0 Å². The Kier molecular flexibility index (Phi) is 4.70. The van der Waals surface area contributed by atoms with Gasteiger partial charge in [-0.25, -0.2) is 4.98 Å². The molecule has 0 unspecified atom stereocenters. The minimum atomic E-state index is -4.52. The fourth-order valence-corrected chi connectivity index (χ4v) is 2.19. The lowest BCUT2D eigenvalue weighted by Gasteiger charge is -2.08. The molecular weight excluding hydrogens is 349 g/mol. The molecular formula is C17H13F3N4O2. The Bertz CT molecular complexity index is 938. The van der Waals surface area contributed by atoms with Crippen LogP contribution in [0.25, 0.3) is 11.5 Å². The maximum absolute atomic E-state index is 12.7. The minimum absolute atomic E-state index is 0.111. The van der Waals surface area contributed by atoms with Gasteiger partial charge < -0.3 is 9.84 Å². The van der Waals surface area contributed by atoms with E-state index in [-0.39, 0.29) is 23.8 Å². The van der Waals surface area contributed by atoms with Gasteiger partial charge in [-0.15, -0.1) is 0 Å². The van der Waals surface area contributed by atoms with Crippen LogP contribution in [0.15, 0.2) is 47.0 Å². The summed E-state index contributed by atoms with van der Waals surface area (Å²) in [5.74, 6) is -0.301. The van der Waals surface area contributed by atoms with Crippen LogP contribution in [-0.2, 0) is 12.7 Å². The van der Waals surface area contributed by atoms with E-state index in [9.17, 15) is 18.0 Å². The van der Waals surface area contributed by atoms with Gasteiger partial charge >= 0.3 is 6.18 Å². The quantitative estimate of drug-likeness (QED) is 0.769. The predicted octanol–water partition coefficient (Wildman–Crippen LogP) is 3.39. The van der Waals surface area contributed by atoms with Gasteiger partial charge in [-0.05, 0) is 37.3 Å². The minimum Gasteiger partial charge on any atom is -0.343 e. The van der Waals surface area contributed by atoms with Crippen LogP contribution in [0.2, 0.25) is 0 Å². The number of aromatic nitrogens is 3. The Hall–Kier alpha value is -3.23. The van der Waals surface area contributed by atoms with Gasteiger partial charge in [0, 0.05) is 11.3 Å². The largest absolute Gasteiger partial charge is 0.416 e. The monoisotopic (exact) mass is 362 g/mol.